The van der Waals surface area contributed by atoms with E-state index in [4.69, 9.17) is 4.74 Å². The number of nitrogens with one attached hydrogen (secondary N) is 2. The van der Waals surface area contributed by atoms with Crippen LogP contribution < -0.4 is 20.9 Å². The van der Waals surface area contributed by atoms with E-state index in [1.165, 1.54) is 11.6 Å². The second kappa shape index (κ2) is 5.64. The Balaban J connectivity index is 2.47. The first-order chi connectivity index (χ1) is 9.56. The lowest BCUT2D eigenvalue weighted by Gasteiger charge is -2.11. The molecule has 1 aromatic carbocycles. The number of anilines is 1. The first-order valence-corrected chi connectivity index (χ1v) is 6.21. The normalized spacial score (nSPS) is 10.3. The first-order valence-electron chi connectivity index (χ1n) is 6.21. The molecule has 0 saturated heterocycles. The molecule has 0 aliphatic rings. The highest BCUT2D eigenvalue weighted by Crippen LogP contribution is 2.20. The maximum absolute atomic E-state index is 12.1. The third-order valence-corrected chi connectivity index (χ3v) is 3.12. The molecule has 2 N–H and O–H groups in total. The van der Waals surface area contributed by atoms with Crippen molar-refractivity contribution in [3.63, 3.8) is 0 Å². The van der Waals surface area contributed by atoms with Gasteiger partial charge in [0.2, 0.25) is 0 Å². The highest BCUT2D eigenvalue weighted by Gasteiger charge is 2.09. The van der Waals surface area contributed by atoms with Crippen molar-refractivity contribution in [3.8, 4) is 5.75 Å². The van der Waals surface area contributed by atoms with Crippen LogP contribution in [0.4, 0.5) is 5.69 Å². The van der Waals surface area contributed by atoms with Gasteiger partial charge in [0.25, 0.3) is 11.5 Å². The second-order valence-corrected chi connectivity index (χ2v) is 4.36. The fourth-order valence-electron chi connectivity index (χ4n) is 1.93. The molecule has 0 saturated carbocycles. The number of nitrogens with zero attached hydrogens (tertiary/aromatic N) is 1. The zero-order valence-corrected chi connectivity index (χ0v) is 11.7. The molecule has 0 radical (unpaired) electrons. The number of hydrogen-bond acceptors (Lipinski definition) is 4. The third kappa shape index (κ3) is 2.59. The van der Waals surface area contributed by atoms with Crippen molar-refractivity contribution in [2.24, 2.45) is 7.05 Å². The van der Waals surface area contributed by atoms with E-state index in [-0.39, 0.29) is 23.8 Å². The predicted molar refractivity (Wildman–Crippen MR) is 78.3 cm³/mol. The average Bonchev–Trinajstić information content (AvgIpc) is 2.48. The Morgan fingerprint density at radius 1 is 1.30 bits per heavy atom. The zero-order chi connectivity index (χ0) is 14.7. The number of carbonyl (C=O) groups excluding carboxylic acids is 1. The topological polar surface area (TPSA) is 72.4 Å². The lowest BCUT2D eigenvalue weighted by Crippen LogP contribution is -2.27. The van der Waals surface area contributed by atoms with E-state index in [1.54, 1.807) is 13.1 Å². The number of carbonyl (C=O) groups is 1. The van der Waals surface area contributed by atoms with Gasteiger partial charge in [0, 0.05) is 32.2 Å². The average molecular weight is 275 g/mol. The number of likely N-dealkylation sites (N-methyl/N-ethyl adjacent to an activating group) is 1. The number of amides is 1. The van der Waals surface area contributed by atoms with Gasteiger partial charge in [-0.1, -0.05) is 0 Å². The van der Waals surface area contributed by atoms with E-state index in [0.29, 0.717) is 0 Å². The molecular formula is C14H17N3O3. The molecule has 2 rings (SSSR count). The molecule has 1 heterocycles. The molecule has 0 aliphatic heterocycles. The van der Waals surface area contributed by atoms with E-state index < -0.39 is 0 Å². The Morgan fingerprint density at radius 3 is 2.70 bits per heavy atom. The van der Waals surface area contributed by atoms with Crippen molar-refractivity contribution in [1.29, 1.82) is 0 Å². The summed E-state index contributed by atoms with van der Waals surface area (Å²) in [7, 11) is 5.02. The Morgan fingerprint density at radius 2 is 2.05 bits per heavy atom. The summed E-state index contributed by atoms with van der Waals surface area (Å²) in [5, 5.41) is 6.35. The minimum atomic E-state index is -0.281. The monoisotopic (exact) mass is 275 g/mol. The molecule has 0 spiro atoms. The fourth-order valence-corrected chi connectivity index (χ4v) is 1.93. The fraction of sp³-hybridized carbons (Fsp3) is 0.286. The van der Waals surface area contributed by atoms with Gasteiger partial charge in [-0.3, -0.25) is 9.59 Å². The van der Waals surface area contributed by atoms with Crippen LogP contribution in [0.25, 0.3) is 10.9 Å². The highest BCUT2D eigenvalue weighted by molar-refractivity contribution is 5.84. The molecule has 2 aromatic rings. The third-order valence-electron chi connectivity index (χ3n) is 3.12. The Hall–Kier alpha value is -2.50. The second-order valence-electron chi connectivity index (χ2n) is 4.36. The van der Waals surface area contributed by atoms with Gasteiger partial charge in [-0.15, -0.1) is 0 Å². The van der Waals surface area contributed by atoms with Gasteiger partial charge in [0.1, 0.15) is 0 Å². The van der Waals surface area contributed by atoms with E-state index in [9.17, 15) is 9.59 Å². The van der Waals surface area contributed by atoms with Crippen molar-refractivity contribution in [1.82, 2.24) is 9.88 Å². The minimum absolute atomic E-state index is 0.164. The van der Waals surface area contributed by atoms with Crippen molar-refractivity contribution in [3.05, 3.63) is 34.6 Å². The maximum Gasteiger partial charge on any atom is 0.293 e. The van der Waals surface area contributed by atoms with Crippen LogP contribution in [0, 0.1) is 0 Å². The lowest BCUT2D eigenvalue weighted by atomic mass is 10.2. The van der Waals surface area contributed by atoms with E-state index in [1.807, 2.05) is 25.2 Å². The molecule has 0 unspecified atom stereocenters. The summed E-state index contributed by atoms with van der Waals surface area (Å²) in [6, 6.07) is 7.33. The molecule has 1 aromatic heterocycles. The van der Waals surface area contributed by atoms with Gasteiger partial charge in [-0.2, -0.15) is 0 Å². The molecule has 0 bridgehead atoms. The van der Waals surface area contributed by atoms with Crippen molar-refractivity contribution < 1.29 is 9.53 Å². The van der Waals surface area contributed by atoms with Crippen LogP contribution >= 0.6 is 0 Å². The highest BCUT2D eigenvalue weighted by atomic mass is 16.5. The number of ether oxygens (including phenoxy) is 1. The Bertz CT molecular complexity index is 707. The molecule has 106 valence electrons. The van der Waals surface area contributed by atoms with Gasteiger partial charge in [-0.05, 0) is 24.3 Å². The maximum atomic E-state index is 12.1. The molecule has 1 amide bonds. The van der Waals surface area contributed by atoms with Crippen LogP contribution in [-0.2, 0) is 11.8 Å². The number of benzene rings is 1. The lowest BCUT2D eigenvalue weighted by molar-refractivity contribution is -0.122. The number of fused-ring (bicyclic) bond motifs is 1. The number of aryl methyl sites for hydroxylation is 1. The smallest absolute Gasteiger partial charge is 0.293 e. The van der Waals surface area contributed by atoms with Crippen LogP contribution in [0.2, 0.25) is 0 Å². The molecule has 0 aliphatic carbocycles. The number of pyridine rings is 1. The van der Waals surface area contributed by atoms with Crippen LogP contribution in [0.1, 0.15) is 0 Å². The summed E-state index contributed by atoms with van der Waals surface area (Å²) in [6.07, 6.45) is 0. The molecule has 6 heteroatoms. The summed E-state index contributed by atoms with van der Waals surface area (Å²) in [4.78, 5) is 23.3. The van der Waals surface area contributed by atoms with Gasteiger partial charge < -0.3 is 19.9 Å². The van der Waals surface area contributed by atoms with E-state index >= 15 is 0 Å². The number of aromatic nitrogens is 1. The summed E-state index contributed by atoms with van der Waals surface area (Å²) in [6.45, 7) is -0.178. The molecule has 0 fully saturated rings. The van der Waals surface area contributed by atoms with Crippen LogP contribution in [0.5, 0.6) is 5.75 Å². The van der Waals surface area contributed by atoms with Gasteiger partial charge in [0.15, 0.2) is 12.4 Å². The molecule has 6 nitrogen and oxygen atoms in total. The van der Waals surface area contributed by atoms with Gasteiger partial charge >= 0.3 is 0 Å². The van der Waals surface area contributed by atoms with Gasteiger partial charge in [-0.25, -0.2) is 0 Å². The predicted octanol–water partition coefficient (Wildman–Crippen LogP) is 0.705. The summed E-state index contributed by atoms with van der Waals surface area (Å²) in [5.74, 6) is -0.118. The van der Waals surface area contributed by atoms with E-state index in [2.05, 4.69) is 10.6 Å². The SMILES string of the molecule is CNC(=O)COc1cc2cc(NC)ccc2n(C)c1=O. The van der Waals surface area contributed by atoms with Crippen molar-refractivity contribution in [2.75, 3.05) is 26.0 Å². The van der Waals surface area contributed by atoms with Crippen LogP contribution in [0.15, 0.2) is 29.1 Å². The first kappa shape index (κ1) is 13.9. The Labute approximate surface area is 116 Å². The quantitative estimate of drug-likeness (QED) is 0.862. The van der Waals surface area contributed by atoms with Crippen molar-refractivity contribution in [2.45, 2.75) is 0 Å². The number of rotatable bonds is 4. The zero-order valence-electron chi connectivity index (χ0n) is 11.7. The summed E-state index contributed by atoms with van der Waals surface area (Å²) >= 11 is 0. The number of hydrogen-bond donors (Lipinski definition) is 2. The molecular weight excluding hydrogens is 258 g/mol. The molecule has 0 atom stereocenters. The molecule has 20 heavy (non-hydrogen) atoms. The summed E-state index contributed by atoms with van der Waals surface area (Å²) < 4.78 is 6.79. The largest absolute Gasteiger partial charge is 0.478 e. The summed E-state index contributed by atoms with van der Waals surface area (Å²) in [5.41, 5.74) is 1.48. The standard InChI is InChI=1S/C14H17N3O3/c1-15-10-4-5-11-9(6-10)7-12(14(19)17(11)3)20-8-13(18)16-2/h4-7,15H,8H2,1-3H3,(H,16,18). The minimum Gasteiger partial charge on any atom is -0.478 e. The van der Waals surface area contributed by atoms with Crippen molar-refractivity contribution >= 4 is 22.5 Å². The van der Waals surface area contributed by atoms with Crippen LogP contribution in [-0.4, -0.2) is 31.2 Å². The van der Waals surface area contributed by atoms with Gasteiger partial charge in [0.05, 0.1) is 5.52 Å². The van der Waals surface area contributed by atoms with E-state index in [0.717, 1.165) is 16.6 Å². The Kier molecular flexibility index (Phi) is 3.93. The van der Waals surface area contributed by atoms with Crippen LogP contribution in [0.3, 0.4) is 0 Å².